The zero-order valence-electron chi connectivity index (χ0n) is 13.7. The molecule has 1 fully saturated rings. The van der Waals surface area contributed by atoms with Crippen molar-refractivity contribution in [2.75, 3.05) is 26.4 Å². The van der Waals surface area contributed by atoms with Gasteiger partial charge in [-0.25, -0.2) is 8.78 Å². The zero-order valence-corrected chi connectivity index (χ0v) is 13.7. The molecule has 134 valence electrons. The second-order valence-corrected chi connectivity index (χ2v) is 6.02. The summed E-state index contributed by atoms with van der Waals surface area (Å²) in [6.07, 6.45) is 1.61. The van der Waals surface area contributed by atoms with E-state index in [1.54, 1.807) is 12.1 Å². The molecule has 0 spiro atoms. The van der Waals surface area contributed by atoms with E-state index in [9.17, 15) is 8.78 Å². The first-order valence-electron chi connectivity index (χ1n) is 8.18. The molecule has 0 heterocycles. The van der Waals surface area contributed by atoms with Crippen molar-refractivity contribution in [1.29, 1.82) is 0 Å². The minimum absolute atomic E-state index is 0.0297. The predicted octanol–water partition coefficient (Wildman–Crippen LogP) is 2.79. The highest BCUT2D eigenvalue weighted by Crippen LogP contribution is 2.54. The Labute approximate surface area is 144 Å². The van der Waals surface area contributed by atoms with E-state index in [0.29, 0.717) is 0 Å². The van der Waals surface area contributed by atoms with Crippen molar-refractivity contribution in [3.63, 3.8) is 0 Å². The van der Waals surface area contributed by atoms with E-state index in [1.807, 2.05) is 0 Å². The Morgan fingerprint density at radius 3 is 1.56 bits per heavy atom. The van der Waals surface area contributed by atoms with Gasteiger partial charge in [-0.1, -0.05) is 12.1 Å². The maximum atomic E-state index is 14.2. The molecule has 0 amide bonds. The molecule has 2 aromatic carbocycles. The molecule has 1 aliphatic carbocycles. The van der Waals surface area contributed by atoms with Crippen LogP contribution in [0.4, 0.5) is 8.78 Å². The third-order valence-electron chi connectivity index (χ3n) is 4.42. The molecule has 1 aliphatic rings. The highest BCUT2D eigenvalue weighted by atomic mass is 19.1. The molecular formula is C19H20F2O4. The van der Waals surface area contributed by atoms with Crippen LogP contribution in [0, 0.1) is 11.6 Å². The van der Waals surface area contributed by atoms with Crippen LogP contribution >= 0.6 is 0 Å². The van der Waals surface area contributed by atoms with Gasteiger partial charge in [0, 0.05) is 5.41 Å². The van der Waals surface area contributed by atoms with Crippen molar-refractivity contribution in [3.8, 4) is 11.5 Å². The average molecular weight is 350 g/mol. The molecule has 2 N–H and O–H groups in total. The largest absolute Gasteiger partial charge is 0.488 e. The molecule has 0 unspecified atom stereocenters. The fourth-order valence-corrected chi connectivity index (χ4v) is 3.01. The number of aliphatic hydroxyl groups excluding tert-OH is 2. The van der Waals surface area contributed by atoms with Gasteiger partial charge >= 0.3 is 0 Å². The maximum Gasteiger partial charge on any atom is 0.165 e. The molecule has 1 saturated carbocycles. The third-order valence-corrected chi connectivity index (χ3v) is 4.42. The zero-order chi connectivity index (χ0) is 17.9. The standard InChI is InChI=1S/C19H20F2O4/c20-15-11-13(1-3-17(15)24-9-7-22)19(5-6-19)14-2-4-18(16(21)12-14)25-10-8-23/h1-4,11-12,22-23H,5-10H2. The number of benzene rings is 2. The molecule has 25 heavy (non-hydrogen) atoms. The van der Waals surface area contributed by atoms with Gasteiger partial charge in [-0.3, -0.25) is 0 Å². The van der Waals surface area contributed by atoms with Crippen LogP contribution in [0.5, 0.6) is 11.5 Å². The van der Waals surface area contributed by atoms with Gasteiger partial charge in [-0.2, -0.15) is 0 Å². The lowest BCUT2D eigenvalue weighted by Crippen LogP contribution is -2.11. The van der Waals surface area contributed by atoms with Crippen molar-refractivity contribution in [2.45, 2.75) is 18.3 Å². The number of halogens is 2. The highest BCUT2D eigenvalue weighted by Gasteiger charge is 2.46. The third kappa shape index (κ3) is 3.60. The van der Waals surface area contributed by atoms with E-state index in [1.165, 1.54) is 24.3 Å². The van der Waals surface area contributed by atoms with E-state index < -0.39 is 17.0 Å². The number of rotatable bonds is 8. The van der Waals surface area contributed by atoms with Crippen LogP contribution in [-0.2, 0) is 5.41 Å². The maximum absolute atomic E-state index is 14.2. The lowest BCUT2D eigenvalue weighted by molar-refractivity contribution is 0.196. The minimum atomic E-state index is -0.499. The van der Waals surface area contributed by atoms with E-state index in [4.69, 9.17) is 19.7 Å². The molecule has 0 saturated heterocycles. The van der Waals surface area contributed by atoms with Gasteiger partial charge in [0.25, 0.3) is 0 Å². The van der Waals surface area contributed by atoms with Gasteiger partial charge in [0.1, 0.15) is 13.2 Å². The van der Waals surface area contributed by atoms with Crippen molar-refractivity contribution < 1.29 is 28.5 Å². The molecule has 2 aromatic rings. The van der Waals surface area contributed by atoms with Crippen LogP contribution in [0.3, 0.4) is 0 Å². The number of aliphatic hydroxyl groups is 2. The highest BCUT2D eigenvalue weighted by molar-refractivity contribution is 5.48. The first-order chi connectivity index (χ1) is 12.1. The first kappa shape index (κ1) is 17.6. The number of ether oxygens (including phenoxy) is 2. The molecule has 0 aromatic heterocycles. The van der Waals surface area contributed by atoms with Gasteiger partial charge in [0.15, 0.2) is 23.1 Å². The van der Waals surface area contributed by atoms with Crippen molar-refractivity contribution >= 4 is 0 Å². The van der Waals surface area contributed by atoms with Crippen molar-refractivity contribution in [1.82, 2.24) is 0 Å². The Kier molecular flexibility index (Phi) is 5.20. The van der Waals surface area contributed by atoms with Crippen LogP contribution in [0.25, 0.3) is 0 Å². The molecule has 0 radical (unpaired) electrons. The topological polar surface area (TPSA) is 58.9 Å². The molecule has 3 rings (SSSR count). The Morgan fingerprint density at radius 2 is 1.24 bits per heavy atom. The summed E-state index contributed by atoms with van der Waals surface area (Å²) < 4.78 is 38.7. The van der Waals surface area contributed by atoms with E-state index >= 15 is 0 Å². The average Bonchev–Trinajstić information content (AvgIpc) is 3.41. The van der Waals surface area contributed by atoms with Gasteiger partial charge in [-0.05, 0) is 48.2 Å². The monoisotopic (exact) mass is 350 g/mol. The molecule has 0 bridgehead atoms. The Bertz CT molecular complexity index is 685. The van der Waals surface area contributed by atoms with Crippen LogP contribution in [0.15, 0.2) is 36.4 Å². The van der Waals surface area contributed by atoms with Crippen LogP contribution in [-0.4, -0.2) is 36.6 Å². The summed E-state index contributed by atoms with van der Waals surface area (Å²) in [5.74, 6) is -0.818. The SMILES string of the molecule is OCCOc1ccc(C2(c3ccc(OCCO)c(F)c3)CC2)cc1F. The van der Waals surface area contributed by atoms with Crippen LogP contribution in [0.2, 0.25) is 0 Å². The summed E-state index contributed by atoms with van der Waals surface area (Å²) in [6.45, 7) is -0.311. The molecule has 0 aliphatic heterocycles. The second-order valence-electron chi connectivity index (χ2n) is 6.02. The summed E-state index contributed by atoms with van der Waals surface area (Å²) in [4.78, 5) is 0. The van der Waals surface area contributed by atoms with E-state index in [0.717, 1.165) is 24.0 Å². The van der Waals surface area contributed by atoms with Gasteiger partial charge in [-0.15, -0.1) is 0 Å². The van der Waals surface area contributed by atoms with Gasteiger partial charge in [0.05, 0.1) is 13.2 Å². The van der Waals surface area contributed by atoms with Crippen LogP contribution < -0.4 is 9.47 Å². The van der Waals surface area contributed by atoms with Crippen molar-refractivity contribution in [2.24, 2.45) is 0 Å². The van der Waals surface area contributed by atoms with E-state index in [-0.39, 0.29) is 37.9 Å². The lowest BCUT2D eigenvalue weighted by atomic mass is 9.88. The van der Waals surface area contributed by atoms with Gasteiger partial charge < -0.3 is 19.7 Å². The molecule has 4 nitrogen and oxygen atoms in total. The first-order valence-corrected chi connectivity index (χ1v) is 8.18. The molecular weight excluding hydrogens is 330 g/mol. The Hall–Kier alpha value is -2.18. The normalized spacial score (nSPS) is 15.0. The summed E-state index contributed by atoms with van der Waals surface area (Å²) in [7, 11) is 0. The predicted molar refractivity (Wildman–Crippen MR) is 88.0 cm³/mol. The summed E-state index contributed by atoms with van der Waals surface area (Å²) >= 11 is 0. The van der Waals surface area contributed by atoms with Crippen LogP contribution in [0.1, 0.15) is 24.0 Å². The summed E-state index contributed by atoms with van der Waals surface area (Å²) in [5.41, 5.74) is 1.14. The van der Waals surface area contributed by atoms with Crippen molar-refractivity contribution in [3.05, 3.63) is 59.2 Å². The second kappa shape index (κ2) is 7.37. The smallest absolute Gasteiger partial charge is 0.165 e. The number of hydrogen-bond donors (Lipinski definition) is 2. The Balaban J connectivity index is 1.85. The number of hydrogen-bond acceptors (Lipinski definition) is 4. The lowest BCUT2D eigenvalue weighted by Gasteiger charge is -2.18. The van der Waals surface area contributed by atoms with E-state index in [2.05, 4.69) is 0 Å². The quantitative estimate of drug-likeness (QED) is 0.769. The molecule has 0 atom stereocenters. The summed E-state index contributed by atoms with van der Waals surface area (Å²) in [6, 6.07) is 9.44. The summed E-state index contributed by atoms with van der Waals surface area (Å²) in [5, 5.41) is 17.5. The Morgan fingerprint density at radius 1 is 0.800 bits per heavy atom. The van der Waals surface area contributed by atoms with Gasteiger partial charge in [0.2, 0.25) is 0 Å². The minimum Gasteiger partial charge on any atom is -0.488 e. The fraction of sp³-hybridized carbons (Fsp3) is 0.368. The molecule has 6 heteroatoms. The fourth-order valence-electron chi connectivity index (χ4n) is 3.01.